The molecule has 3 aliphatic carbocycles. The summed E-state index contributed by atoms with van der Waals surface area (Å²) >= 11 is 0. The molecule has 3 rings (SSSR count). The maximum Gasteiger partial charge on any atom is -0.0232 e. The Bertz CT molecular complexity index is 243. The van der Waals surface area contributed by atoms with E-state index >= 15 is 0 Å². The Labute approximate surface area is 88.5 Å². The zero-order valence-corrected chi connectivity index (χ0v) is 9.97. The first kappa shape index (κ1) is 9.24. The second-order valence-corrected chi connectivity index (χ2v) is 6.59. The van der Waals surface area contributed by atoms with E-state index in [1.165, 1.54) is 12.8 Å². The van der Waals surface area contributed by atoms with Crippen LogP contribution in [-0.2, 0) is 0 Å². The largest absolute Gasteiger partial charge is 0.0622 e. The lowest BCUT2D eigenvalue weighted by molar-refractivity contribution is 0.00912. The minimum absolute atomic E-state index is 0.792. The van der Waals surface area contributed by atoms with Gasteiger partial charge in [0.15, 0.2) is 0 Å². The molecule has 0 saturated heterocycles. The molecule has 80 valence electrons. The normalized spacial score (nSPS) is 42.0. The molecule has 0 aromatic heterocycles. The molecule has 0 heterocycles. The van der Waals surface area contributed by atoms with Crippen molar-refractivity contribution < 1.29 is 0 Å². The Kier molecular flexibility index (Phi) is 1.70. The standard InChI is InChI=1S/C14H24/c1-10(2)13(6-4-7-13)12-11(3)14(12)8-5-9-14/h10-12H,4-9H2,1-3H3. The van der Waals surface area contributed by atoms with Gasteiger partial charge in [-0.05, 0) is 54.3 Å². The number of hydrogen-bond acceptors (Lipinski definition) is 0. The van der Waals surface area contributed by atoms with Crippen molar-refractivity contribution in [3.8, 4) is 0 Å². The molecule has 1 spiro atoms. The minimum atomic E-state index is 0.792. The number of hydrogen-bond donors (Lipinski definition) is 0. The molecule has 3 aliphatic rings. The molecule has 3 fully saturated rings. The van der Waals surface area contributed by atoms with Crippen LogP contribution in [0.15, 0.2) is 0 Å². The van der Waals surface area contributed by atoms with E-state index in [4.69, 9.17) is 0 Å². The highest BCUT2D eigenvalue weighted by Gasteiger charge is 2.72. The summed E-state index contributed by atoms with van der Waals surface area (Å²) in [5.74, 6) is 3.13. The lowest BCUT2D eigenvalue weighted by atomic mass is 9.56. The van der Waals surface area contributed by atoms with E-state index in [2.05, 4.69) is 20.8 Å². The van der Waals surface area contributed by atoms with E-state index in [0.29, 0.717) is 0 Å². The molecule has 0 nitrogen and oxygen atoms in total. The van der Waals surface area contributed by atoms with Gasteiger partial charge in [0.05, 0.1) is 0 Å². The van der Waals surface area contributed by atoms with Crippen molar-refractivity contribution in [2.24, 2.45) is 28.6 Å². The average Bonchev–Trinajstić information content (AvgIpc) is 2.53. The van der Waals surface area contributed by atoms with Crippen LogP contribution in [0.3, 0.4) is 0 Å². The summed E-state index contributed by atoms with van der Waals surface area (Å²) in [6, 6.07) is 0. The van der Waals surface area contributed by atoms with Gasteiger partial charge in [-0.15, -0.1) is 0 Å². The lowest BCUT2D eigenvalue weighted by Crippen LogP contribution is -2.40. The molecule has 0 aromatic rings. The Hall–Kier alpha value is 0. The van der Waals surface area contributed by atoms with Gasteiger partial charge in [-0.3, -0.25) is 0 Å². The summed E-state index contributed by atoms with van der Waals surface area (Å²) in [5.41, 5.74) is 1.66. The Balaban J connectivity index is 1.82. The summed E-state index contributed by atoms with van der Waals surface area (Å²) < 4.78 is 0. The zero-order chi connectivity index (χ0) is 9.97. The fraction of sp³-hybridized carbons (Fsp3) is 1.00. The fourth-order valence-corrected chi connectivity index (χ4v) is 4.95. The van der Waals surface area contributed by atoms with Gasteiger partial charge in [0, 0.05) is 0 Å². The van der Waals surface area contributed by atoms with E-state index in [1.807, 2.05) is 0 Å². The van der Waals surface area contributed by atoms with Gasteiger partial charge in [-0.1, -0.05) is 33.6 Å². The molecule has 14 heavy (non-hydrogen) atoms. The monoisotopic (exact) mass is 192 g/mol. The van der Waals surface area contributed by atoms with Crippen molar-refractivity contribution in [2.45, 2.75) is 59.3 Å². The van der Waals surface area contributed by atoms with Crippen LogP contribution < -0.4 is 0 Å². The fourth-order valence-electron chi connectivity index (χ4n) is 4.95. The van der Waals surface area contributed by atoms with E-state index < -0.39 is 0 Å². The van der Waals surface area contributed by atoms with Crippen LogP contribution in [0.5, 0.6) is 0 Å². The third-order valence-corrected chi connectivity index (χ3v) is 6.26. The van der Waals surface area contributed by atoms with Gasteiger partial charge >= 0.3 is 0 Å². The highest BCUT2D eigenvalue weighted by Crippen LogP contribution is 2.79. The van der Waals surface area contributed by atoms with Gasteiger partial charge in [0.1, 0.15) is 0 Å². The van der Waals surface area contributed by atoms with Crippen molar-refractivity contribution in [1.82, 2.24) is 0 Å². The first-order valence-electron chi connectivity index (χ1n) is 6.63. The summed E-state index contributed by atoms with van der Waals surface area (Å²) in [6.07, 6.45) is 9.25. The zero-order valence-electron chi connectivity index (χ0n) is 9.97. The van der Waals surface area contributed by atoms with E-state index in [-0.39, 0.29) is 0 Å². The van der Waals surface area contributed by atoms with Gasteiger partial charge in [0.2, 0.25) is 0 Å². The van der Waals surface area contributed by atoms with E-state index in [1.54, 1.807) is 25.7 Å². The van der Waals surface area contributed by atoms with E-state index in [0.717, 1.165) is 28.6 Å². The Morgan fingerprint density at radius 1 is 1.00 bits per heavy atom. The summed E-state index contributed by atoms with van der Waals surface area (Å²) in [5, 5.41) is 0. The highest BCUT2D eigenvalue weighted by atomic mass is 14.8. The Morgan fingerprint density at radius 3 is 1.79 bits per heavy atom. The van der Waals surface area contributed by atoms with Crippen LogP contribution in [0.4, 0.5) is 0 Å². The van der Waals surface area contributed by atoms with Gasteiger partial charge in [-0.2, -0.15) is 0 Å². The molecular weight excluding hydrogens is 168 g/mol. The van der Waals surface area contributed by atoms with Crippen molar-refractivity contribution in [3.63, 3.8) is 0 Å². The molecule has 2 atom stereocenters. The van der Waals surface area contributed by atoms with Gasteiger partial charge < -0.3 is 0 Å². The molecule has 0 aromatic carbocycles. The molecule has 3 saturated carbocycles. The smallest absolute Gasteiger partial charge is 0.0232 e. The second-order valence-electron chi connectivity index (χ2n) is 6.59. The summed E-state index contributed by atoms with van der Waals surface area (Å²) in [7, 11) is 0. The summed E-state index contributed by atoms with van der Waals surface area (Å²) in [6.45, 7) is 7.47. The molecule has 0 heteroatoms. The molecular formula is C14H24. The molecule has 2 unspecified atom stereocenters. The summed E-state index contributed by atoms with van der Waals surface area (Å²) in [4.78, 5) is 0. The van der Waals surface area contributed by atoms with Crippen molar-refractivity contribution >= 4 is 0 Å². The first-order valence-corrected chi connectivity index (χ1v) is 6.63. The molecule has 0 aliphatic heterocycles. The molecule has 0 radical (unpaired) electrons. The second kappa shape index (κ2) is 2.57. The van der Waals surface area contributed by atoms with Crippen LogP contribution in [-0.4, -0.2) is 0 Å². The van der Waals surface area contributed by atoms with Gasteiger partial charge in [0.25, 0.3) is 0 Å². The number of rotatable bonds is 2. The van der Waals surface area contributed by atoms with E-state index in [9.17, 15) is 0 Å². The van der Waals surface area contributed by atoms with Gasteiger partial charge in [-0.25, -0.2) is 0 Å². The van der Waals surface area contributed by atoms with Crippen LogP contribution in [0.1, 0.15) is 59.3 Å². The average molecular weight is 192 g/mol. The van der Waals surface area contributed by atoms with Crippen molar-refractivity contribution in [1.29, 1.82) is 0 Å². The van der Waals surface area contributed by atoms with Crippen LogP contribution in [0.2, 0.25) is 0 Å². The quantitative estimate of drug-likeness (QED) is 0.613. The maximum absolute atomic E-state index is 2.53. The minimum Gasteiger partial charge on any atom is -0.0622 e. The van der Waals surface area contributed by atoms with Crippen LogP contribution in [0.25, 0.3) is 0 Å². The SMILES string of the molecule is CC(C)C1(C2C(C)C23CCC3)CCC1. The van der Waals surface area contributed by atoms with Crippen LogP contribution >= 0.6 is 0 Å². The highest BCUT2D eigenvalue weighted by molar-refractivity contribution is 5.20. The predicted molar refractivity (Wildman–Crippen MR) is 60.1 cm³/mol. The third-order valence-electron chi connectivity index (χ3n) is 6.26. The van der Waals surface area contributed by atoms with Crippen molar-refractivity contribution in [2.75, 3.05) is 0 Å². The predicted octanol–water partition coefficient (Wildman–Crippen LogP) is 4.25. The molecule has 0 N–H and O–H groups in total. The third kappa shape index (κ3) is 0.823. The van der Waals surface area contributed by atoms with Crippen molar-refractivity contribution in [3.05, 3.63) is 0 Å². The molecule has 0 bridgehead atoms. The van der Waals surface area contributed by atoms with Crippen LogP contribution in [0, 0.1) is 28.6 Å². The topological polar surface area (TPSA) is 0 Å². The maximum atomic E-state index is 2.53. The molecule has 0 amide bonds. The first-order chi connectivity index (χ1) is 6.63. The Morgan fingerprint density at radius 2 is 1.57 bits per heavy atom. The lowest BCUT2D eigenvalue weighted by Gasteiger charge is -2.49.